The molecule has 2 aliphatic rings. The molecule has 2 aromatic rings. The predicted molar refractivity (Wildman–Crippen MR) is 171 cm³/mol. The summed E-state index contributed by atoms with van der Waals surface area (Å²) in [7, 11) is 0. The Balaban J connectivity index is 1.48. The molecule has 11 nitrogen and oxygen atoms in total. The first-order valence-corrected chi connectivity index (χ1v) is 16.4. The number of halogens is 1. The van der Waals surface area contributed by atoms with E-state index in [0.717, 1.165) is 16.1 Å². The fourth-order valence-corrected chi connectivity index (χ4v) is 6.01. The van der Waals surface area contributed by atoms with Crippen LogP contribution in [0.4, 0.5) is 4.39 Å². The molecule has 3 N–H and O–H groups in total. The van der Waals surface area contributed by atoms with Crippen LogP contribution in [-0.4, -0.2) is 81.3 Å². The summed E-state index contributed by atoms with van der Waals surface area (Å²) in [4.78, 5) is 58.6. The number of hydrogen-bond donors (Lipinski definition) is 3. The highest BCUT2D eigenvalue weighted by molar-refractivity contribution is 7.13. The van der Waals surface area contributed by atoms with Crippen LogP contribution < -0.4 is 15.4 Å². The number of aromatic nitrogens is 1. The normalized spacial score (nSPS) is 19.7. The van der Waals surface area contributed by atoms with Crippen molar-refractivity contribution in [1.82, 2.24) is 20.5 Å². The quantitative estimate of drug-likeness (QED) is 0.308. The van der Waals surface area contributed by atoms with Gasteiger partial charge in [-0.05, 0) is 57.6 Å². The van der Waals surface area contributed by atoms with Gasteiger partial charge in [-0.25, -0.2) is 9.37 Å². The third-order valence-electron chi connectivity index (χ3n) is 7.86. The number of nitrogens with zero attached hydrogens (tertiary/aromatic N) is 2. The Hall–Kier alpha value is -3.58. The summed E-state index contributed by atoms with van der Waals surface area (Å²) in [5.74, 6) is -1.82. The number of amides is 3. The van der Waals surface area contributed by atoms with E-state index in [1.54, 1.807) is 47.1 Å². The third-order valence-corrected chi connectivity index (χ3v) is 8.84. The highest BCUT2D eigenvalue weighted by atomic mass is 32.1. The lowest BCUT2D eigenvalue weighted by Gasteiger charge is -2.35. The molecule has 3 amide bonds. The summed E-state index contributed by atoms with van der Waals surface area (Å²) >= 11 is 1.48. The Morgan fingerprint density at radius 1 is 1.17 bits per heavy atom. The van der Waals surface area contributed by atoms with Gasteiger partial charge in [-0.1, -0.05) is 32.9 Å². The van der Waals surface area contributed by atoms with Crippen molar-refractivity contribution in [2.75, 3.05) is 13.2 Å². The monoisotopic (exact) mass is 660 g/mol. The van der Waals surface area contributed by atoms with E-state index in [1.807, 2.05) is 25.1 Å². The van der Waals surface area contributed by atoms with Crippen LogP contribution in [0, 0.1) is 12.3 Å². The summed E-state index contributed by atoms with van der Waals surface area (Å²) in [6.45, 7) is 12.5. The number of aryl methyl sites for hydroxylation is 1. The van der Waals surface area contributed by atoms with Gasteiger partial charge < -0.3 is 30.1 Å². The highest BCUT2D eigenvalue weighted by Gasteiger charge is 2.53. The second-order valence-corrected chi connectivity index (χ2v) is 15.0. The van der Waals surface area contributed by atoms with Crippen molar-refractivity contribution in [2.45, 2.75) is 110 Å². The highest BCUT2D eigenvalue weighted by Crippen LogP contribution is 2.40. The van der Waals surface area contributed by atoms with Crippen molar-refractivity contribution >= 4 is 35.0 Å². The lowest BCUT2D eigenvalue weighted by molar-refractivity contribution is -0.155. The van der Waals surface area contributed by atoms with Crippen molar-refractivity contribution in [3.8, 4) is 16.2 Å². The molecule has 2 heterocycles. The molecule has 4 rings (SSSR count). The van der Waals surface area contributed by atoms with Gasteiger partial charge in [-0.2, -0.15) is 0 Å². The van der Waals surface area contributed by atoms with E-state index < -0.39 is 58.6 Å². The summed E-state index contributed by atoms with van der Waals surface area (Å²) < 4.78 is 25.9. The number of carbonyl (C=O) groups excluding carboxylic acids is 4. The summed E-state index contributed by atoms with van der Waals surface area (Å²) in [5.41, 5.74) is 0.750. The number of β-amino-alcohol motifs (C(OH)–C–C–N with tert-alkyl or cyclic N) is 1. The standard InChI is InChI=1S/C33H45FN4O7S/c1-19-26(46-18-36-19)20-8-9-21(24(14-20)44-13-10-25(40)45-32(5,6)7)16-35-28(41)23-15-22(39)17-38(23)29(42)27(31(2,3)4)37-30(43)33(34)11-12-33/h8-9,14,18,22-23,27,39H,10-13,15-17H2,1-7H3,(H,35,41)(H,37,43)/t22-,23+,27-/m1/s1. The summed E-state index contributed by atoms with van der Waals surface area (Å²) in [6, 6.07) is 3.45. The van der Waals surface area contributed by atoms with E-state index in [4.69, 9.17) is 9.47 Å². The van der Waals surface area contributed by atoms with E-state index in [1.165, 1.54) is 16.2 Å². The van der Waals surface area contributed by atoms with E-state index in [9.17, 15) is 28.7 Å². The van der Waals surface area contributed by atoms with Gasteiger partial charge in [-0.15, -0.1) is 11.3 Å². The topological polar surface area (TPSA) is 147 Å². The number of alkyl halides is 1. The van der Waals surface area contributed by atoms with Gasteiger partial charge in [0.25, 0.3) is 5.91 Å². The van der Waals surface area contributed by atoms with Gasteiger partial charge in [0, 0.05) is 25.1 Å². The summed E-state index contributed by atoms with van der Waals surface area (Å²) in [5, 5.41) is 15.9. The molecule has 0 unspecified atom stereocenters. The SMILES string of the molecule is Cc1ncsc1-c1ccc(CNC(=O)[C@@H]2C[C@@H](O)CN2C(=O)[C@@H](NC(=O)C2(F)CC2)C(C)(C)C)c(OCCC(=O)OC(C)(C)C)c1. The van der Waals surface area contributed by atoms with Gasteiger partial charge in [0.15, 0.2) is 5.67 Å². The molecule has 1 aliphatic carbocycles. The second-order valence-electron chi connectivity index (χ2n) is 14.1. The van der Waals surface area contributed by atoms with E-state index in [-0.39, 0.29) is 45.4 Å². The van der Waals surface area contributed by atoms with E-state index in [0.29, 0.717) is 11.3 Å². The lowest BCUT2D eigenvalue weighted by Crippen LogP contribution is -2.59. The molecule has 1 saturated carbocycles. The first-order chi connectivity index (χ1) is 21.4. The molecule has 252 valence electrons. The van der Waals surface area contributed by atoms with E-state index in [2.05, 4.69) is 15.6 Å². The number of ether oxygens (including phenoxy) is 2. The Labute approximate surface area is 273 Å². The molecule has 1 aromatic carbocycles. The molecule has 3 atom stereocenters. The van der Waals surface area contributed by atoms with Gasteiger partial charge >= 0.3 is 5.97 Å². The molecular weight excluding hydrogens is 615 g/mol. The maximum Gasteiger partial charge on any atom is 0.309 e. The first-order valence-electron chi connectivity index (χ1n) is 15.5. The first kappa shape index (κ1) is 35.3. The number of hydrogen-bond acceptors (Lipinski definition) is 9. The number of aliphatic hydroxyl groups excluding tert-OH is 1. The molecule has 2 fully saturated rings. The predicted octanol–water partition coefficient (Wildman–Crippen LogP) is 3.84. The van der Waals surface area contributed by atoms with Crippen LogP contribution in [0.3, 0.4) is 0 Å². The molecule has 1 aliphatic heterocycles. The summed E-state index contributed by atoms with van der Waals surface area (Å²) in [6.07, 6.45) is -0.693. The number of nitrogens with one attached hydrogen (secondary N) is 2. The molecule has 0 radical (unpaired) electrons. The Kier molecular flexibility index (Phi) is 10.5. The number of rotatable bonds is 11. The number of benzene rings is 1. The molecule has 13 heteroatoms. The largest absolute Gasteiger partial charge is 0.493 e. The minimum Gasteiger partial charge on any atom is -0.493 e. The maximum absolute atomic E-state index is 14.5. The minimum atomic E-state index is -1.97. The van der Waals surface area contributed by atoms with Crippen molar-refractivity contribution < 1.29 is 38.1 Å². The number of esters is 1. The Morgan fingerprint density at radius 3 is 2.46 bits per heavy atom. The fourth-order valence-electron chi connectivity index (χ4n) is 5.21. The number of aliphatic hydroxyl groups is 1. The van der Waals surface area contributed by atoms with Crippen LogP contribution in [0.1, 0.15) is 78.5 Å². The van der Waals surface area contributed by atoms with Crippen LogP contribution >= 0.6 is 11.3 Å². The van der Waals surface area contributed by atoms with Crippen LogP contribution in [0.25, 0.3) is 10.4 Å². The maximum atomic E-state index is 14.5. The molecule has 46 heavy (non-hydrogen) atoms. The second kappa shape index (κ2) is 13.6. The van der Waals surface area contributed by atoms with Crippen molar-refractivity contribution in [2.24, 2.45) is 5.41 Å². The van der Waals surface area contributed by atoms with Crippen LogP contribution in [0.5, 0.6) is 5.75 Å². The number of likely N-dealkylation sites (tertiary alicyclic amines) is 1. The molecule has 0 bridgehead atoms. The van der Waals surface area contributed by atoms with Gasteiger partial charge in [0.1, 0.15) is 23.4 Å². The van der Waals surface area contributed by atoms with Crippen molar-refractivity contribution in [3.63, 3.8) is 0 Å². The Morgan fingerprint density at radius 2 is 1.87 bits per heavy atom. The molecule has 1 saturated heterocycles. The average Bonchev–Trinajstić information content (AvgIpc) is 3.36. The van der Waals surface area contributed by atoms with Crippen LogP contribution in [-0.2, 0) is 30.5 Å². The smallest absolute Gasteiger partial charge is 0.309 e. The van der Waals surface area contributed by atoms with Gasteiger partial charge in [0.2, 0.25) is 11.8 Å². The van der Waals surface area contributed by atoms with Crippen LogP contribution in [0.2, 0.25) is 0 Å². The lowest BCUT2D eigenvalue weighted by atomic mass is 9.85. The zero-order valence-corrected chi connectivity index (χ0v) is 28.4. The molecule has 0 spiro atoms. The van der Waals surface area contributed by atoms with Crippen LogP contribution in [0.15, 0.2) is 23.7 Å². The number of carbonyl (C=O) groups is 4. The molecular formula is C33H45FN4O7S. The van der Waals surface area contributed by atoms with Crippen molar-refractivity contribution in [1.29, 1.82) is 0 Å². The minimum absolute atomic E-state index is 0.0122. The van der Waals surface area contributed by atoms with E-state index >= 15 is 0 Å². The fraction of sp³-hybridized carbons (Fsp3) is 0.606. The molecule has 1 aromatic heterocycles. The average molecular weight is 661 g/mol. The third kappa shape index (κ3) is 8.81. The van der Waals surface area contributed by atoms with Gasteiger partial charge in [-0.3, -0.25) is 19.2 Å². The zero-order chi connectivity index (χ0) is 34.0. The van der Waals surface area contributed by atoms with Gasteiger partial charge in [0.05, 0.1) is 35.2 Å². The number of thiazole rings is 1. The zero-order valence-electron chi connectivity index (χ0n) is 27.6. The van der Waals surface area contributed by atoms with Crippen molar-refractivity contribution in [3.05, 3.63) is 35.0 Å². The Bertz CT molecular complexity index is 1460.